The van der Waals surface area contributed by atoms with Crippen molar-refractivity contribution >= 4 is 80.2 Å². The highest BCUT2D eigenvalue weighted by molar-refractivity contribution is 6.43. The molecule has 0 saturated heterocycles. The monoisotopic (exact) mass is 737 g/mol. The van der Waals surface area contributed by atoms with Crippen LogP contribution in [-0.2, 0) is 17.9 Å². The molecule has 12 nitrogen and oxygen atoms in total. The summed E-state index contributed by atoms with van der Waals surface area (Å²) in [4.78, 5) is 36.9. The summed E-state index contributed by atoms with van der Waals surface area (Å²) in [7, 11) is 0. The highest BCUT2D eigenvalue weighted by Gasteiger charge is 2.33. The number of nitrogens with two attached hydrogens (primary N) is 2. The SMILES string of the molecule is CC1(C)N=C(N)N=C(N)N1OCc1cc(Cl)c(Cl)cc1Cl.O=C(O)c1cc2ccccc2c(Cc2c(O)c(C(=O)O)cc3ccccc23)c1O. The summed E-state index contributed by atoms with van der Waals surface area (Å²) in [6.45, 7) is 3.71. The Balaban J connectivity index is 0.000000205. The Morgan fingerprint density at radius 3 is 1.74 bits per heavy atom. The lowest BCUT2D eigenvalue weighted by atomic mass is 9.90. The summed E-state index contributed by atoms with van der Waals surface area (Å²) < 4.78 is 0. The Kier molecular flexibility index (Phi) is 10.3. The van der Waals surface area contributed by atoms with Gasteiger partial charge in [-0.1, -0.05) is 83.3 Å². The molecule has 258 valence electrons. The number of phenols is 2. The molecule has 5 aromatic rings. The third-order valence-corrected chi connectivity index (χ3v) is 8.90. The van der Waals surface area contributed by atoms with E-state index in [1.54, 1.807) is 74.5 Å². The number of guanidine groups is 2. The Hall–Kier alpha value is -5.27. The summed E-state index contributed by atoms with van der Waals surface area (Å²) in [5.74, 6) is -3.14. The molecule has 1 aliphatic heterocycles. The van der Waals surface area contributed by atoms with Crippen LogP contribution in [0.2, 0.25) is 15.1 Å². The summed E-state index contributed by atoms with van der Waals surface area (Å²) in [6.07, 6.45) is -0.0407. The molecule has 0 unspecified atom stereocenters. The van der Waals surface area contributed by atoms with E-state index in [0.29, 0.717) is 53.3 Å². The molecule has 0 spiro atoms. The summed E-state index contributed by atoms with van der Waals surface area (Å²) in [5, 5.41) is 45.4. The Morgan fingerprint density at radius 2 is 1.26 bits per heavy atom. The van der Waals surface area contributed by atoms with E-state index < -0.39 is 29.1 Å². The maximum Gasteiger partial charge on any atom is 0.339 e. The van der Waals surface area contributed by atoms with Crippen LogP contribution in [0.5, 0.6) is 11.5 Å². The van der Waals surface area contributed by atoms with Gasteiger partial charge in [0.15, 0.2) is 5.66 Å². The first-order chi connectivity index (χ1) is 23.6. The zero-order valence-electron chi connectivity index (χ0n) is 26.5. The van der Waals surface area contributed by atoms with Gasteiger partial charge in [-0.3, -0.25) is 4.84 Å². The van der Waals surface area contributed by atoms with Gasteiger partial charge in [0.05, 0.1) is 10.0 Å². The van der Waals surface area contributed by atoms with Crippen molar-refractivity contribution in [1.29, 1.82) is 0 Å². The molecule has 0 saturated carbocycles. The predicted molar refractivity (Wildman–Crippen MR) is 193 cm³/mol. The molecule has 0 radical (unpaired) electrons. The summed E-state index contributed by atoms with van der Waals surface area (Å²) in [6, 6.07) is 20.0. The number of nitrogens with zero attached hydrogens (tertiary/aromatic N) is 3. The number of benzene rings is 5. The van der Waals surface area contributed by atoms with E-state index in [1.807, 2.05) is 0 Å². The van der Waals surface area contributed by atoms with Crippen molar-refractivity contribution in [2.24, 2.45) is 21.5 Å². The summed E-state index contributed by atoms with van der Waals surface area (Å²) in [5.41, 5.74) is 11.4. The summed E-state index contributed by atoms with van der Waals surface area (Å²) >= 11 is 17.9. The second-order valence-corrected chi connectivity index (χ2v) is 12.8. The van der Waals surface area contributed by atoms with E-state index in [4.69, 9.17) is 51.1 Å². The molecule has 1 aliphatic rings. The van der Waals surface area contributed by atoms with Gasteiger partial charge in [-0.2, -0.15) is 10.1 Å². The van der Waals surface area contributed by atoms with Crippen molar-refractivity contribution in [2.45, 2.75) is 32.5 Å². The first-order valence-electron chi connectivity index (χ1n) is 14.8. The van der Waals surface area contributed by atoms with E-state index in [0.717, 1.165) is 0 Å². The number of rotatable bonds is 7. The normalized spacial score (nSPS) is 13.7. The van der Waals surface area contributed by atoms with Crippen molar-refractivity contribution in [3.05, 3.63) is 116 Å². The van der Waals surface area contributed by atoms with Gasteiger partial charge < -0.3 is 31.9 Å². The van der Waals surface area contributed by atoms with E-state index in [1.165, 1.54) is 17.2 Å². The highest BCUT2D eigenvalue weighted by atomic mass is 35.5. The molecule has 5 aromatic carbocycles. The maximum absolute atomic E-state index is 11.6. The molecule has 50 heavy (non-hydrogen) atoms. The lowest BCUT2D eigenvalue weighted by Crippen LogP contribution is -2.53. The van der Waals surface area contributed by atoms with Crippen LogP contribution in [0.4, 0.5) is 0 Å². The third-order valence-electron chi connectivity index (χ3n) is 7.83. The van der Waals surface area contributed by atoms with E-state index in [2.05, 4.69) is 9.98 Å². The fourth-order valence-electron chi connectivity index (χ4n) is 5.51. The van der Waals surface area contributed by atoms with Crippen LogP contribution in [0.3, 0.4) is 0 Å². The number of aliphatic imine (C=N–C) groups is 2. The quantitative estimate of drug-likeness (QED) is 0.0930. The second-order valence-electron chi connectivity index (χ2n) is 11.6. The van der Waals surface area contributed by atoms with Gasteiger partial charge in [-0.25, -0.2) is 14.6 Å². The van der Waals surface area contributed by atoms with Crippen molar-refractivity contribution in [3.8, 4) is 11.5 Å². The van der Waals surface area contributed by atoms with Gasteiger partial charge in [-0.15, -0.1) is 0 Å². The number of carboxylic acid groups (broad SMARTS) is 2. The minimum Gasteiger partial charge on any atom is -0.507 e. The predicted octanol–water partition coefficient (Wildman–Crippen LogP) is 7.15. The number of aromatic carboxylic acids is 2. The van der Waals surface area contributed by atoms with Gasteiger partial charge in [0.2, 0.25) is 11.9 Å². The van der Waals surface area contributed by atoms with Gasteiger partial charge in [0, 0.05) is 28.1 Å². The molecule has 0 bridgehead atoms. The van der Waals surface area contributed by atoms with Crippen LogP contribution < -0.4 is 11.5 Å². The van der Waals surface area contributed by atoms with E-state index in [-0.39, 0.29) is 36.1 Å². The molecular weight excluding hydrogens is 709 g/mol. The molecule has 0 aromatic heterocycles. The fraction of sp³-hybridized carbons (Fsp3) is 0.143. The number of halogens is 3. The van der Waals surface area contributed by atoms with Gasteiger partial charge >= 0.3 is 11.9 Å². The van der Waals surface area contributed by atoms with Crippen LogP contribution in [0.1, 0.15) is 51.3 Å². The van der Waals surface area contributed by atoms with Crippen LogP contribution in [-0.4, -0.2) is 55.0 Å². The number of fused-ring (bicyclic) bond motifs is 2. The minimum absolute atomic E-state index is 0.0407. The lowest BCUT2D eigenvalue weighted by Gasteiger charge is -2.36. The number of hydrogen-bond donors (Lipinski definition) is 6. The Morgan fingerprint density at radius 1 is 0.780 bits per heavy atom. The third kappa shape index (κ3) is 7.33. The smallest absolute Gasteiger partial charge is 0.339 e. The van der Waals surface area contributed by atoms with E-state index >= 15 is 0 Å². The average Bonchev–Trinajstić information content (AvgIpc) is 3.04. The Labute approximate surface area is 300 Å². The van der Waals surface area contributed by atoms with Crippen molar-refractivity contribution < 1.29 is 34.9 Å². The van der Waals surface area contributed by atoms with Crippen LogP contribution in [0.25, 0.3) is 21.5 Å². The minimum atomic E-state index is -1.28. The molecule has 15 heteroatoms. The van der Waals surface area contributed by atoms with Crippen molar-refractivity contribution in [3.63, 3.8) is 0 Å². The molecule has 8 N–H and O–H groups in total. The zero-order valence-corrected chi connectivity index (χ0v) is 28.8. The number of carbonyl (C=O) groups is 2. The Bertz CT molecular complexity index is 2140. The highest BCUT2D eigenvalue weighted by Crippen LogP contribution is 2.39. The number of carboxylic acids is 2. The van der Waals surface area contributed by atoms with E-state index in [9.17, 15) is 30.0 Å². The zero-order chi connectivity index (χ0) is 36.5. The van der Waals surface area contributed by atoms with Crippen LogP contribution in [0.15, 0.2) is 82.8 Å². The second kappa shape index (κ2) is 14.3. The topological polar surface area (TPSA) is 204 Å². The molecule has 6 rings (SSSR count). The molecule has 0 atom stereocenters. The van der Waals surface area contributed by atoms with Gasteiger partial charge in [0.25, 0.3) is 0 Å². The molecule has 0 amide bonds. The molecule has 0 aliphatic carbocycles. The van der Waals surface area contributed by atoms with Gasteiger partial charge in [0.1, 0.15) is 29.2 Å². The van der Waals surface area contributed by atoms with Crippen molar-refractivity contribution in [1.82, 2.24) is 5.06 Å². The number of aromatic hydroxyl groups is 2. The molecule has 0 fully saturated rings. The molecular formula is C35H30Cl3N5O7. The number of hydrogen-bond acceptors (Lipinski definition) is 10. The first kappa shape index (κ1) is 36.0. The fourth-order valence-corrected chi connectivity index (χ4v) is 6.13. The van der Waals surface area contributed by atoms with Crippen LogP contribution >= 0.6 is 34.8 Å². The van der Waals surface area contributed by atoms with Crippen molar-refractivity contribution in [2.75, 3.05) is 0 Å². The molecule has 1 heterocycles. The van der Waals surface area contributed by atoms with Gasteiger partial charge in [-0.05, 0) is 59.7 Å². The standard InChI is InChI=1S/C23H16O6.C12H14Cl3N5O/c24-20-16(14-7-3-1-5-12(14)9-18(20)22(26)27)11-17-15-8-4-2-6-13(15)10-19(21(17)25)23(28)29;1-12(2)19-10(16)18-11(17)20(12)21-5-6-3-8(14)9(15)4-7(6)13/h1-10,24-25H,11H2,(H,26,27)(H,28,29);3-4H,5H2,1-2H3,(H4,16,17,18,19). The first-order valence-corrected chi connectivity index (χ1v) is 15.9. The lowest BCUT2D eigenvalue weighted by molar-refractivity contribution is -0.166. The van der Waals surface area contributed by atoms with Crippen LogP contribution in [0, 0.1) is 0 Å². The maximum atomic E-state index is 11.6. The largest absolute Gasteiger partial charge is 0.507 e. The number of hydroxylamine groups is 2. The average molecular weight is 739 g/mol.